The predicted molar refractivity (Wildman–Crippen MR) is 98.8 cm³/mol. The van der Waals surface area contributed by atoms with E-state index in [-0.39, 0.29) is 18.7 Å². The van der Waals surface area contributed by atoms with Crippen molar-refractivity contribution in [1.29, 1.82) is 0 Å². The third-order valence-corrected chi connectivity index (χ3v) is 5.09. The zero-order valence-electron chi connectivity index (χ0n) is 14.9. The fraction of sp³-hybridized carbons (Fsp3) is 0.263. The molecular formula is C19H19N2O5S-. The van der Waals surface area contributed by atoms with Gasteiger partial charge in [-0.15, -0.1) is 11.3 Å². The number of methoxy groups -OCH3 is 2. The van der Waals surface area contributed by atoms with E-state index in [1.165, 1.54) is 5.01 Å². The number of carbonyl (C=O) groups is 2. The zero-order chi connectivity index (χ0) is 19.4. The normalized spacial score (nSPS) is 15.9. The molecule has 1 aliphatic rings. The Hall–Kier alpha value is -3.00. The maximum Gasteiger partial charge on any atom is 0.242 e. The molecule has 27 heavy (non-hydrogen) atoms. The quantitative estimate of drug-likeness (QED) is 0.778. The molecule has 7 nitrogen and oxygen atoms in total. The van der Waals surface area contributed by atoms with E-state index in [0.717, 1.165) is 16.1 Å². The van der Waals surface area contributed by atoms with E-state index in [4.69, 9.17) is 9.47 Å². The van der Waals surface area contributed by atoms with Gasteiger partial charge < -0.3 is 19.4 Å². The standard InChI is InChI=1S/C19H20N2O5S/c1-25-15-6-5-12(10-16(15)26-2)14-11-13(17-4-3-9-27-17)20-21(14)18(22)7-8-19(23)24/h3-6,9-11,14,20H,7-8H2,1-2H3,(H,23,24)/p-1/t14-/m1/s1. The molecule has 1 N–H and O–H groups in total. The number of thiophene rings is 1. The lowest BCUT2D eigenvalue weighted by molar-refractivity contribution is -0.305. The molecule has 1 aromatic carbocycles. The highest BCUT2D eigenvalue weighted by Gasteiger charge is 2.31. The lowest BCUT2D eigenvalue weighted by atomic mass is 10.0. The Morgan fingerprint density at radius 2 is 1.96 bits per heavy atom. The van der Waals surface area contributed by atoms with Gasteiger partial charge in [-0.05, 0) is 41.6 Å². The van der Waals surface area contributed by atoms with Crippen molar-refractivity contribution in [2.75, 3.05) is 14.2 Å². The molecule has 2 aromatic rings. The highest BCUT2D eigenvalue weighted by atomic mass is 32.1. The molecule has 1 aromatic heterocycles. The molecule has 8 heteroatoms. The minimum Gasteiger partial charge on any atom is -0.550 e. The Morgan fingerprint density at radius 3 is 2.59 bits per heavy atom. The number of carbonyl (C=O) groups excluding carboxylic acids is 2. The molecule has 3 rings (SSSR count). The molecule has 0 saturated carbocycles. The molecule has 1 atom stereocenters. The fourth-order valence-electron chi connectivity index (χ4n) is 2.87. The SMILES string of the molecule is COc1ccc([C@H]2C=C(c3cccs3)NN2C(=O)CCC(=O)[O-])cc1OC. The molecule has 0 saturated heterocycles. The topological polar surface area (TPSA) is 90.9 Å². The third kappa shape index (κ3) is 4.06. The van der Waals surface area contributed by atoms with Crippen molar-refractivity contribution < 1.29 is 24.2 Å². The summed E-state index contributed by atoms with van der Waals surface area (Å²) >= 11 is 1.55. The molecule has 2 heterocycles. The van der Waals surface area contributed by atoms with Crippen LogP contribution in [0, 0.1) is 0 Å². The summed E-state index contributed by atoms with van der Waals surface area (Å²) in [6, 6.07) is 8.89. The minimum atomic E-state index is -1.25. The van der Waals surface area contributed by atoms with Gasteiger partial charge in [0.1, 0.15) is 0 Å². The Morgan fingerprint density at radius 1 is 1.19 bits per heavy atom. The van der Waals surface area contributed by atoms with Gasteiger partial charge in [0, 0.05) is 12.4 Å². The van der Waals surface area contributed by atoms with Gasteiger partial charge in [-0.25, -0.2) is 5.01 Å². The first kappa shape index (κ1) is 18.8. The number of hydrogen-bond acceptors (Lipinski definition) is 7. The number of benzene rings is 1. The van der Waals surface area contributed by atoms with Crippen molar-refractivity contribution in [3.8, 4) is 11.5 Å². The summed E-state index contributed by atoms with van der Waals surface area (Å²) < 4.78 is 10.6. The number of carboxylic acids is 1. The van der Waals surface area contributed by atoms with E-state index in [0.29, 0.717) is 11.5 Å². The molecule has 142 valence electrons. The fourth-order valence-corrected chi connectivity index (χ4v) is 3.57. The average Bonchev–Trinajstić information content (AvgIpc) is 3.35. The number of hydrogen-bond donors (Lipinski definition) is 1. The number of aliphatic carboxylic acids is 1. The van der Waals surface area contributed by atoms with E-state index < -0.39 is 12.0 Å². The molecule has 0 radical (unpaired) electrons. The zero-order valence-corrected chi connectivity index (χ0v) is 15.7. The van der Waals surface area contributed by atoms with Crippen molar-refractivity contribution in [3.63, 3.8) is 0 Å². The van der Waals surface area contributed by atoms with Gasteiger partial charge in [0.25, 0.3) is 0 Å². The van der Waals surface area contributed by atoms with Crippen molar-refractivity contribution >= 4 is 28.9 Å². The summed E-state index contributed by atoms with van der Waals surface area (Å²) in [4.78, 5) is 24.3. The molecule has 1 amide bonds. The largest absolute Gasteiger partial charge is 0.550 e. The Balaban J connectivity index is 1.93. The van der Waals surface area contributed by atoms with Crippen molar-refractivity contribution in [2.45, 2.75) is 18.9 Å². The van der Waals surface area contributed by atoms with Crippen LogP contribution in [0.15, 0.2) is 41.8 Å². The molecular weight excluding hydrogens is 368 g/mol. The average molecular weight is 387 g/mol. The molecule has 0 bridgehead atoms. The summed E-state index contributed by atoms with van der Waals surface area (Å²) in [5.74, 6) is -0.446. The second-order valence-corrected chi connectivity index (χ2v) is 6.81. The molecule has 1 aliphatic heterocycles. The lowest BCUT2D eigenvalue weighted by Gasteiger charge is -2.26. The predicted octanol–water partition coefficient (Wildman–Crippen LogP) is 1.72. The highest BCUT2D eigenvalue weighted by molar-refractivity contribution is 7.11. The first-order chi connectivity index (χ1) is 13.0. The molecule has 0 unspecified atom stereocenters. The first-order valence-electron chi connectivity index (χ1n) is 8.29. The summed E-state index contributed by atoms with van der Waals surface area (Å²) in [5, 5.41) is 14.1. The number of nitrogens with zero attached hydrogens (tertiary/aromatic N) is 1. The minimum absolute atomic E-state index is 0.148. The number of nitrogens with one attached hydrogen (secondary N) is 1. The maximum absolute atomic E-state index is 12.6. The summed E-state index contributed by atoms with van der Waals surface area (Å²) in [6.45, 7) is 0. The van der Waals surface area contributed by atoms with Gasteiger partial charge in [0.2, 0.25) is 5.91 Å². The second kappa shape index (κ2) is 8.13. The van der Waals surface area contributed by atoms with Crippen LogP contribution < -0.4 is 20.0 Å². The number of rotatable bonds is 7. The van der Waals surface area contributed by atoms with Crippen molar-refractivity contribution in [1.82, 2.24) is 10.4 Å². The third-order valence-electron chi connectivity index (χ3n) is 4.19. The van der Waals surface area contributed by atoms with Crippen LogP contribution in [0.4, 0.5) is 0 Å². The van der Waals surface area contributed by atoms with E-state index in [2.05, 4.69) is 5.43 Å². The van der Waals surface area contributed by atoms with Crippen LogP contribution in [0.2, 0.25) is 0 Å². The van der Waals surface area contributed by atoms with Crippen LogP contribution in [0.1, 0.15) is 29.3 Å². The Kier molecular flexibility index (Phi) is 5.66. The van der Waals surface area contributed by atoms with Gasteiger partial charge in [-0.1, -0.05) is 12.1 Å². The second-order valence-electron chi connectivity index (χ2n) is 5.86. The maximum atomic E-state index is 12.6. The van der Waals surface area contributed by atoms with Crippen molar-refractivity contribution in [3.05, 3.63) is 52.2 Å². The molecule has 0 fully saturated rings. The van der Waals surface area contributed by atoms with Gasteiger partial charge in [-0.3, -0.25) is 10.2 Å². The van der Waals surface area contributed by atoms with Crippen LogP contribution in [0.5, 0.6) is 11.5 Å². The lowest BCUT2D eigenvalue weighted by Crippen LogP contribution is -2.40. The van der Waals surface area contributed by atoms with Crippen molar-refractivity contribution in [2.24, 2.45) is 0 Å². The summed E-state index contributed by atoms with van der Waals surface area (Å²) in [6.07, 6.45) is 1.46. The van der Waals surface area contributed by atoms with Gasteiger partial charge in [0.15, 0.2) is 11.5 Å². The Bertz CT molecular complexity index is 863. The first-order valence-corrected chi connectivity index (χ1v) is 9.17. The van der Waals surface area contributed by atoms with Gasteiger partial charge >= 0.3 is 0 Å². The van der Waals surface area contributed by atoms with E-state index in [1.54, 1.807) is 37.7 Å². The van der Waals surface area contributed by atoms with E-state index in [9.17, 15) is 14.7 Å². The van der Waals surface area contributed by atoms with Gasteiger partial charge in [0.05, 0.1) is 30.8 Å². The monoisotopic (exact) mass is 387 g/mol. The number of ether oxygens (including phenoxy) is 2. The van der Waals surface area contributed by atoms with E-state index in [1.807, 2.05) is 29.7 Å². The molecule has 0 spiro atoms. The number of amides is 1. The van der Waals surface area contributed by atoms with Gasteiger partial charge in [-0.2, -0.15) is 0 Å². The highest BCUT2D eigenvalue weighted by Crippen LogP contribution is 2.37. The van der Waals surface area contributed by atoms with Crippen LogP contribution in [-0.4, -0.2) is 31.1 Å². The van der Waals surface area contributed by atoms with Crippen LogP contribution >= 0.6 is 11.3 Å². The number of hydrazine groups is 1. The Labute approximate surface area is 160 Å². The van der Waals surface area contributed by atoms with Crippen LogP contribution in [0.25, 0.3) is 5.70 Å². The number of carboxylic acid groups (broad SMARTS) is 1. The van der Waals surface area contributed by atoms with Crippen LogP contribution in [-0.2, 0) is 9.59 Å². The summed E-state index contributed by atoms with van der Waals surface area (Å²) in [5.41, 5.74) is 4.71. The summed E-state index contributed by atoms with van der Waals surface area (Å²) in [7, 11) is 3.10. The smallest absolute Gasteiger partial charge is 0.242 e. The van der Waals surface area contributed by atoms with E-state index >= 15 is 0 Å². The molecule has 0 aliphatic carbocycles. The van der Waals surface area contributed by atoms with Crippen LogP contribution in [0.3, 0.4) is 0 Å².